The normalized spacial score (nSPS) is 11.7. The van der Waals surface area contributed by atoms with Gasteiger partial charge in [0.25, 0.3) is 5.69 Å². The van der Waals surface area contributed by atoms with Crippen LogP contribution in [0.5, 0.6) is 0 Å². The van der Waals surface area contributed by atoms with Gasteiger partial charge in [0.05, 0.1) is 29.6 Å². The lowest BCUT2D eigenvalue weighted by Gasteiger charge is -2.13. The molecule has 8 heteroatoms. The SMILES string of the molecule is COC(=O)c1cccc([N+](=O)[O-])c1C(N)CC(=O)O. The second kappa shape index (κ2) is 5.91. The van der Waals surface area contributed by atoms with Crippen LogP contribution in [0.2, 0.25) is 0 Å². The van der Waals surface area contributed by atoms with Gasteiger partial charge in [0.1, 0.15) is 0 Å². The quantitative estimate of drug-likeness (QED) is 0.459. The zero-order valence-electron chi connectivity index (χ0n) is 10.0. The van der Waals surface area contributed by atoms with Gasteiger partial charge in [-0.1, -0.05) is 6.07 Å². The number of carbonyl (C=O) groups excluding carboxylic acids is 1. The molecule has 1 aromatic rings. The minimum absolute atomic E-state index is 0.106. The van der Waals surface area contributed by atoms with Crippen LogP contribution in [0.1, 0.15) is 28.4 Å². The summed E-state index contributed by atoms with van der Waals surface area (Å²) in [6, 6.07) is 2.59. The number of methoxy groups -OCH3 is 1. The van der Waals surface area contributed by atoms with Crippen molar-refractivity contribution in [2.24, 2.45) is 5.73 Å². The Kier molecular flexibility index (Phi) is 4.54. The van der Waals surface area contributed by atoms with Gasteiger partial charge < -0.3 is 15.6 Å². The second-order valence-corrected chi connectivity index (χ2v) is 3.69. The Hall–Kier alpha value is -2.48. The molecular formula is C11H12N2O6. The molecule has 0 amide bonds. The number of carboxylic acids is 1. The first-order valence-corrected chi connectivity index (χ1v) is 5.21. The van der Waals surface area contributed by atoms with Crippen molar-refractivity contribution in [3.8, 4) is 0 Å². The van der Waals surface area contributed by atoms with E-state index in [4.69, 9.17) is 10.8 Å². The van der Waals surface area contributed by atoms with Gasteiger partial charge in [-0.15, -0.1) is 0 Å². The van der Waals surface area contributed by atoms with Crippen molar-refractivity contribution in [2.45, 2.75) is 12.5 Å². The maximum absolute atomic E-state index is 11.6. The van der Waals surface area contributed by atoms with Crippen molar-refractivity contribution in [3.63, 3.8) is 0 Å². The predicted molar refractivity (Wildman–Crippen MR) is 63.6 cm³/mol. The Morgan fingerprint density at radius 3 is 2.63 bits per heavy atom. The van der Waals surface area contributed by atoms with E-state index in [1.807, 2.05) is 0 Å². The minimum atomic E-state index is -1.22. The van der Waals surface area contributed by atoms with Crippen LogP contribution < -0.4 is 5.73 Å². The average molecular weight is 268 g/mol. The number of benzene rings is 1. The van der Waals surface area contributed by atoms with E-state index in [1.54, 1.807) is 0 Å². The van der Waals surface area contributed by atoms with Crippen molar-refractivity contribution in [3.05, 3.63) is 39.4 Å². The van der Waals surface area contributed by atoms with Gasteiger partial charge >= 0.3 is 11.9 Å². The van der Waals surface area contributed by atoms with E-state index in [0.717, 1.165) is 13.2 Å². The molecule has 0 aliphatic rings. The topological polar surface area (TPSA) is 133 Å². The molecule has 0 saturated carbocycles. The van der Waals surface area contributed by atoms with Crippen LogP contribution in [0.3, 0.4) is 0 Å². The number of rotatable bonds is 5. The molecule has 0 spiro atoms. The standard InChI is InChI=1S/C11H12N2O6/c1-19-11(16)6-3-2-4-8(13(17)18)10(6)7(12)5-9(14)15/h2-4,7H,5,12H2,1H3,(H,14,15). The van der Waals surface area contributed by atoms with Crippen molar-refractivity contribution in [1.29, 1.82) is 0 Å². The van der Waals surface area contributed by atoms with Gasteiger partial charge in [-0.25, -0.2) is 4.79 Å². The van der Waals surface area contributed by atoms with Crippen LogP contribution in [0.15, 0.2) is 18.2 Å². The molecule has 1 unspecified atom stereocenters. The first-order valence-electron chi connectivity index (χ1n) is 5.21. The van der Waals surface area contributed by atoms with Crippen molar-refractivity contribution in [1.82, 2.24) is 0 Å². The fraction of sp³-hybridized carbons (Fsp3) is 0.273. The van der Waals surface area contributed by atoms with Gasteiger partial charge in [-0.05, 0) is 6.07 Å². The number of aliphatic carboxylic acids is 1. The fourth-order valence-electron chi connectivity index (χ4n) is 1.68. The number of carboxylic acid groups (broad SMARTS) is 1. The number of esters is 1. The molecule has 0 heterocycles. The Labute approximate surface area is 107 Å². The summed E-state index contributed by atoms with van der Waals surface area (Å²) in [6.07, 6.45) is -0.533. The molecule has 19 heavy (non-hydrogen) atoms. The molecule has 0 aromatic heterocycles. The van der Waals surface area contributed by atoms with Gasteiger partial charge in [0.15, 0.2) is 0 Å². The highest BCUT2D eigenvalue weighted by Crippen LogP contribution is 2.29. The third-order valence-corrected chi connectivity index (χ3v) is 2.45. The average Bonchev–Trinajstić information content (AvgIpc) is 2.35. The highest BCUT2D eigenvalue weighted by molar-refractivity contribution is 5.92. The number of ether oxygens (including phenoxy) is 1. The fourth-order valence-corrected chi connectivity index (χ4v) is 1.68. The zero-order valence-corrected chi connectivity index (χ0v) is 10.0. The first kappa shape index (κ1) is 14.6. The number of nitro benzene ring substituents is 1. The smallest absolute Gasteiger partial charge is 0.338 e. The van der Waals surface area contributed by atoms with E-state index in [9.17, 15) is 19.7 Å². The molecule has 8 nitrogen and oxygen atoms in total. The summed E-state index contributed by atoms with van der Waals surface area (Å²) in [5, 5.41) is 19.6. The van der Waals surface area contributed by atoms with Crippen LogP contribution in [0.25, 0.3) is 0 Å². The Morgan fingerprint density at radius 1 is 1.53 bits per heavy atom. The lowest BCUT2D eigenvalue weighted by molar-refractivity contribution is -0.385. The molecule has 1 aromatic carbocycles. The molecule has 0 radical (unpaired) electrons. The van der Waals surface area contributed by atoms with Crippen molar-refractivity contribution in [2.75, 3.05) is 7.11 Å². The molecule has 0 aliphatic heterocycles. The monoisotopic (exact) mass is 268 g/mol. The van der Waals surface area contributed by atoms with Gasteiger partial charge in [-0.3, -0.25) is 14.9 Å². The summed E-state index contributed by atoms with van der Waals surface area (Å²) in [7, 11) is 1.12. The van der Waals surface area contributed by atoms with Crippen LogP contribution in [-0.2, 0) is 9.53 Å². The number of hydrogen-bond donors (Lipinski definition) is 2. The summed E-state index contributed by atoms with van der Waals surface area (Å²) in [5.41, 5.74) is 4.99. The number of nitrogens with zero attached hydrogens (tertiary/aromatic N) is 1. The van der Waals surface area contributed by atoms with Crippen molar-refractivity contribution >= 4 is 17.6 Å². The predicted octanol–water partition coefficient (Wildman–Crippen LogP) is 0.856. The molecular weight excluding hydrogens is 256 g/mol. The second-order valence-electron chi connectivity index (χ2n) is 3.69. The lowest BCUT2D eigenvalue weighted by atomic mass is 9.96. The van der Waals surface area contributed by atoms with Crippen LogP contribution in [-0.4, -0.2) is 29.1 Å². The van der Waals surface area contributed by atoms with Crippen LogP contribution in [0, 0.1) is 10.1 Å². The summed E-state index contributed by atoms with van der Waals surface area (Å²) in [4.78, 5) is 32.4. The molecule has 1 rings (SSSR count). The molecule has 0 bridgehead atoms. The number of nitro groups is 1. The minimum Gasteiger partial charge on any atom is -0.481 e. The molecule has 3 N–H and O–H groups in total. The van der Waals surface area contributed by atoms with Gasteiger partial charge in [0, 0.05) is 12.1 Å². The molecule has 102 valence electrons. The van der Waals surface area contributed by atoms with E-state index < -0.39 is 35.0 Å². The van der Waals surface area contributed by atoms with Crippen molar-refractivity contribution < 1.29 is 24.4 Å². The first-order chi connectivity index (χ1) is 8.88. The molecule has 1 atom stereocenters. The highest BCUT2D eigenvalue weighted by atomic mass is 16.6. The van der Waals surface area contributed by atoms with E-state index in [2.05, 4.69) is 4.74 Å². The Balaban J connectivity index is 3.40. The van der Waals surface area contributed by atoms with E-state index in [0.29, 0.717) is 0 Å². The Morgan fingerprint density at radius 2 is 2.16 bits per heavy atom. The molecule has 0 saturated heterocycles. The molecule has 0 fully saturated rings. The number of nitrogens with two attached hydrogens (primary N) is 1. The summed E-state index contributed by atoms with van der Waals surface area (Å²) in [6.45, 7) is 0. The molecule has 0 aliphatic carbocycles. The lowest BCUT2D eigenvalue weighted by Crippen LogP contribution is -2.20. The number of hydrogen-bond acceptors (Lipinski definition) is 6. The largest absolute Gasteiger partial charge is 0.481 e. The van der Waals surface area contributed by atoms with Gasteiger partial charge in [-0.2, -0.15) is 0 Å². The van der Waals surface area contributed by atoms with Gasteiger partial charge in [0.2, 0.25) is 0 Å². The van der Waals surface area contributed by atoms with E-state index >= 15 is 0 Å². The van der Waals surface area contributed by atoms with E-state index in [1.165, 1.54) is 12.1 Å². The third-order valence-electron chi connectivity index (χ3n) is 2.45. The summed E-state index contributed by atoms with van der Waals surface area (Å²) < 4.78 is 4.50. The van der Waals surface area contributed by atoms with Crippen LogP contribution in [0.4, 0.5) is 5.69 Å². The van der Waals surface area contributed by atoms with Crippen LogP contribution >= 0.6 is 0 Å². The maximum atomic E-state index is 11.6. The number of carbonyl (C=O) groups is 2. The van der Waals surface area contributed by atoms with E-state index in [-0.39, 0.29) is 11.1 Å². The maximum Gasteiger partial charge on any atom is 0.338 e. The third kappa shape index (κ3) is 3.26. The zero-order chi connectivity index (χ0) is 14.6. The summed E-state index contributed by atoms with van der Waals surface area (Å²) >= 11 is 0. The Bertz CT molecular complexity index is 528. The highest BCUT2D eigenvalue weighted by Gasteiger charge is 2.27. The summed E-state index contributed by atoms with van der Waals surface area (Å²) in [5.74, 6) is -2.03.